The van der Waals surface area contributed by atoms with Gasteiger partial charge in [-0.15, -0.1) is 0 Å². The van der Waals surface area contributed by atoms with E-state index in [1.165, 1.54) is 11.1 Å². The van der Waals surface area contributed by atoms with Crippen LogP contribution in [0.15, 0.2) is 53.8 Å². The van der Waals surface area contributed by atoms with E-state index in [4.69, 9.17) is 4.74 Å². The molecule has 1 atom stereocenters. The minimum Gasteiger partial charge on any atom is -0.370 e. The summed E-state index contributed by atoms with van der Waals surface area (Å²) in [5, 5.41) is 6.21. The Bertz CT molecular complexity index is 809. The van der Waals surface area contributed by atoms with Crippen LogP contribution in [0.1, 0.15) is 27.6 Å². The zero-order valence-corrected chi connectivity index (χ0v) is 16.4. The summed E-state index contributed by atoms with van der Waals surface area (Å²) in [6.45, 7) is 5.37. The topological polar surface area (TPSA) is 78.8 Å². The second-order valence-electron chi connectivity index (χ2n) is 6.63. The van der Waals surface area contributed by atoms with E-state index in [9.17, 15) is 4.79 Å². The molecule has 1 aliphatic heterocycles. The number of aryl methyl sites for hydroxylation is 1. The summed E-state index contributed by atoms with van der Waals surface area (Å²) >= 11 is 0. The molecular formula is C21H27N5O2. The number of rotatable bonds is 5. The molecule has 148 valence electrons. The highest BCUT2D eigenvalue weighted by molar-refractivity contribution is 5.93. The number of nitrogens with one attached hydrogen (secondary N) is 2. The molecule has 1 amide bonds. The lowest BCUT2D eigenvalue weighted by molar-refractivity contribution is -0.00829. The van der Waals surface area contributed by atoms with Crippen LogP contribution in [0.2, 0.25) is 0 Å². The number of guanidine groups is 1. The first-order valence-corrected chi connectivity index (χ1v) is 9.50. The zero-order chi connectivity index (χ0) is 19.8. The average Bonchev–Trinajstić information content (AvgIpc) is 2.74. The van der Waals surface area contributed by atoms with Gasteiger partial charge >= 0.3 is 0 Å². The molecule has 28 heavy (non-hydrogen) atoms. The molecule has 0 aliphatic carbocycles. The van der Waals surface area contributed by atoms with Crippen LogP contribution in [-0.4, -0.2) is 61.6 Å². The summed E-state index contributed by atoms with van der Waals surface area (Å²) in [6, 6.07) is 11.8. The van der Waals surface area contributed by atoms with E-state index in [1.807, 2.05) is 12.1 Å². The smallest absolute Gasteiger partial charge is 0.252 e. The van der Waals surface area contributed by atoms with Gasteiger partial charge < -0.3 is 20.3 Å². The van der Waals surface area contributed by atoms with Gasteiger partial charge in [-0.1, -0.05) is 24.3 Å². The molecule has 1 saturated heterocycles. The van der Waals surface area contributed by atoms with Crippen LogP contribution in [0.3, 0.4) is 0 Å². The largest absolute Gasteiger partial charge is 0.370 e. The maximum atomic E-state index is 12.1. The Morgan fingerprint density at radius 3 is 2.82 bits per heavy atom. The van der Waals surface area contributed by atoms with Gasteiger partial charge in [-0.05, 0) is 30.2 Å². The zero-order valence-electron chi connectivity index (χ0n) is 16.4. The standard InChI is InChI=1S/C21H27N5O2/c1-16-6-3-4-8-18(16)19-15-26(12-13-28-19)21(22-2)25-11-10-24-20(27)17-7-5-9-23-14-17/h3-9,14,19H,10-13,15H2,1-2H3,(H,22,25)(H,24,27). The third-order valence-electron chi connectivity index (χ3n) is 4.73. The highest BCUT2D eigenvalue weighted by Gasteiger charge is 2.25. The van der Waals surface area contributed by atoms with Crippen LogP contribution >= 0.6 is 0 Å². The van der Waals surface area contributed by atoms with Crippen LogP contribution in [0.25, 0.3) is 0 Å². The lowest BCUT2D eigenvalue weighted by Gasteiger charge is -2.35. The Morgan fingerprint density at radius 1 is 1.25 bits per heavy atom. The number of ether oxygens (including phenoxy) is 1. The van der Waals surface area contributed by atoms with Crippen molar-refractivity contribution in [1.82, 2.24) is 20.5 Å². The summed E-state index contributed by atoms with van der Waals surface area (Å²) < 4.78 is 5.99. The van der Waals surface area contributed by atoms with E-state index < -0.39 is 0 Å². The molecule has 0 spiro atoms. The molecular weight excluding hydrogens is 354 g/mol. The number of benzene rings is 1. The lowest BCUT2D eigenvalue weighted by Crippen LogP contribution is -2.49. The lowest BCUT2D eigenvalue weighted by atomic mass is 10.0. The van der Waals surface area contributed by atoms with Crippen LogP contribution in [0.5, 0.6) is 0 Å². The quantitative estimate of drug-likeness (QED) is 0.469. The number of nitrogens with zero attached hydrogens (tertiary/aromatic N) is 3. The predicted octanol–water partition coefficient (Wildman–Crippen LogP) is 1.77. The van der Waals surface area contributed by atoms with E-state index in [0.717, 1.165) is 19.0 Å². The molecule has 2 N–H and O–H groups in total. The number of amides is 1. The van der Waals surface area contributed by atoms with Gasteiger partial charge in [-0.2, -0.15) is 0 Å². The molecule has 1 aromatic heterocycles. The van der Waals surface area contributed by atoms with Crippen molar-refractivity contribution in [1.29, 1.82) is 0 Å². The number of morpholine rings is 1. The Hall–Kier alpha value is -2.93. The maximum absolute atomic E-state index is 12.1. The van der Waals surface area contributed by atoms with E-state index >= 15 is 0 Å². The fraction of sp³-hybridized carbons (Fsp3) is 0.381. The van der Waals surface area contributed by atoms with Crippen molar-refractivity contribution in [3.8, 4) is 0 Å². The molecule has 2 aromatic rings. The third-order valence-corrected chi connectivity index (χ3v) is 4.73. The molecule has 0 radical (unpaired) electrons. The predicted molar refractivity (Wildman–Crippen MR) is 109 cm³/mol. The number of carbonyl (C=O) groups excluding carboxylic acids is 1. The van der Waals surface area contributed by atoms with Crippen LogP contribution in [0.4, 0.5) is 0 Å². The molecule has 3 rings (SSSR count). The summed E-state index contributed by atoms with van der Waals surface area (Å²) in [7, 11) is 1.77. The molecule has 2 heterocycles. The van der Waals surface area contributed by atoms with Gasteiger partial charge in [0.15, 0.2) is 5.96 Å². The van der Waals surface area contributed by atoms with E-state index in [2.05, 4.69) is 44.6 Å². The van der Waals surface area contributed by atoms with Gasteiger partial charge in [0.2, 0.25) is 0 Å². The normalized spacial score (nSPS) is 17.3. The monoisotopic (exact) mass is 381 g/mol. The van der Waals surface area contributed by atoms with Gasteiger partial charge in [0.25, 0.3) is 5.91 Å². The number of hydrogen-bond acceptors (Lipinski definition) is 4. The van der Waals surface area contributed by atoms with Crippen molar-refractivity contribution in [3.63, 3.8) is 0 Å². The second-order valence-corrected chi connectivity index (χ2v) is 6.63. The molecule has 1 aromatic carbocycles. The van der Waals surface area contributed by atoms with E-state index in [1.54, 1.807) is 31.6 Å². The van der Waals surface area contributed by atoms with Gasteiger partial charge in [-0.3, -0.25) is 14.8 Å². The Balaban J connectivity index is 1.49. The van der Waals surface area contributed by atoms with Crippen molar-refractivity contribution >= 4 is 11.9 Å². The van der Waals surface area contributed by atoms with Crippen molar-refractivity contribution in [2.24, 2.45) is 4.99 Å². The fourth-order valence-corrected chi connectivity index (χ4v) is 3.26. The summed E-state index contributed by atoms with van der Waals surface area (Å²) in [5.41, 5.74) is 3.00. The van der Waals surface area contributed by atoms with Crippen molar-refractivity contribution in [2.45, 2.75) is 13.0 Å². The highest BCUT2D eigenvalue weighted by Crippen LogP contribution is 2.24. The first-order chi connectivity index (χ1) is 13.7. The molecule has 0 saturated carbocycles. The summed E-state index contributed by atoms with van der Waals surface area (Å²) in [5.74, 6) is 0.688. The van der Waals surface area contributed by atoms with Gasteiger partial charge in [0, 0.05) is 39.1 Å². The van der Waals surface area contributed by atoms with Gasteiger partial charge in [-0.25, -0.2) is 0 Å². The van der Waals surface area contributed by atoms with Gasteiger partial charge in [0.1, 0.15) is 6.10 Å². The first kappa shape index (κ1) is 19.8. The van der Waals surface area contributed by atoms with E-state index in [-0.39, 0.29) is 12.0 Å². The molecule has 7 nitrogen and oxygen atoms in total. The van der Waals surface area contributed by atoms with Crippen molar-refractivity contribution < 1.29 is 9.53 Å². The maximum Gasteiger partial charge on any atom is 0.252 e. The average molecular weight is 381 g/mol. The SMILES string of the molecule is CN=C(NCCNC(=O)c1cccnc1)N1CCOC(c2ccccc2C)C1. The van der Waals surface area contributed by atoms with Gasteiger partial charge in [0.05, 0.1) is 18.7 Å². The number of hydrogen-bond donors (Lipinski definition) is 2. The number of aliphatic imine (C=N–C) groups is 1. The Labute approximate surface area is 165 Å². The highest BCUT2D eigenvalue weighted by atomic mass is 16.5. The molecule has 1 aliphatic rings. The third kappa shape index (κ3) is 5.07. The van der Waals surface area contributed by atoms with Crippen molar-refractivity contribution in [3.05, 3.63) is 65.5 Å². The second kappa shape index (κ2) is 9.85. The summed E-state index contributed by atoms with van der Waals surface area (Å²) in [4.78, 5) is 22.6. The molecule has 7 heteroatoms. The summed E-state index contributed by atoms with van der Waals surface area (Å²) in [6.07, 6.45) is 3.23. The Morgan fingerprint density at radius 2 is 2.07 bits per heavy atom. The minimum atomic E-state index is -0.129. The van der Waals surface area contributed by atoms with Crippen molar-refractivity contribution in [2.75, 3.05) is 39.8 Å². The number of aromatic nitrogens is 1. The number of carbonyl (C=O) groups is 1. The molecule has 1 fully saturated rings. The molecule has 1 unspecified atom stereocenters. The number of pyridine rings is 1. The van der Waals surface area contributed by atoms with E-state index in [0.29, 0.717) is 25.3 Å². The van der Waals surface area contributed by atoms with Crippen LogP contribution in [0, 0.1) is 6.92 Å². The van der Waals surface area contributed by atoms with Crippen LogP contribution in [-0.2, 0) is 4.74 Å². The Kier molecular flexibility index (Phi) is 6.97. The fourth-order valence-electron chi connectivity index (χ4n) is 3.26. The minimum absolute atomic E-state index is 0.0267. The molecule has 0 bridgehead atoms. The van der Waals surface area contributed by atoms with Crippen LogP contribution < -0.4 is 10.6 Å². The first-order valence-electron chi connectivity index (χ1n) is 9.50.